The average molecular weight is 458 g/mol. The first-order chi connectivity index (χ1) is 15.1. The van der Waals surface area contributed by atoms with Crippen LogP contribution in [-0.4, -0.2) is 41.5 Å². The number of H-pyrrole nitrogens is 1. The number of nitrogens with one attached hydrogen (secondary N) is 2. The molecule has 0 aliphatic rings. The molecule has 0 unspecified atom stereocenters. The number of aromatic nitrogens is 4. The number of methoxy groups -OCH3 is 3. The van der Waals surface area contributed by atoms with Crippen molar-refractivity contribution in [2.75, 3.05) is 26.6 Å². The molecule has 9 nitrogen and oxygen atoms in total. The maximum atomic E-state index is 12.5. The van der Waals surface area contributed by atoms with Crippen LogP contribution in [0.25, 0.3) is 10.9 Å². The minimum Gasteiger partial charge on any atom is -0.495 e. The van der Waals surface area contributed by atoms with Crippen LogP contribution in [0.4, 0.5) is 10.8 Å². The summed E-state index contributed by atoms with van der Waals surface area (Å²) in [6, 6.07) is 10.9. The topological polar surface area (TPSA) is 111 Å². The molecule has 0 amide bonds. The third kappa shape index (κ3) is 4.57. The number of benzene rings is 2. The Kier molecular flexibility index (Phi) is 6.23. The smallest absolute Gasteiger partial charge is 0.258 e. The molecule has 4 rings (SSSR count). The average Bonchev–Trinajstić information content (AvgIpc) is 3.24. The fraction of sp³-hybridized carbons (Fsp3) is 0.200. The van der Waals surface area contributed by atoms with Gasteiger partial charge in [-0.25, -0.2) is 4.98 Å². The monoisotopic (exact) mass is 457 g/mol. The Balaban J connectivity index is 1.50. The van der Waals surface area contributed by atoms with Gasteiger partial charge in [0.15, 0.2) is 15.8 Å². The molecule has 0 atom stereocenters. The lowest BCUT2D eigenvalue weighted by atomic mass is 10.2. The summed E-state index contributed by atoms with van der Waals surface area (Å²) in [4.78, 5) is 19.9. The summed E-state index contributed by atoms with van der Waals surface area (Å²) in [6.07, 6.45) is 0. The van der Waals surface area contributed by atoms with E-state index in [0.29, 0.717) is 39.1 Å². The second kappa shape index (κ2) is 9.23. The Labute approximate surface area is 185 Å². The minimum absolute atomic E-state index is 0.239. The zero-order chi connectivity index (χ0) is 21.8. The first kappa shape index (κ1) is 20.9. The number of aromatic amines is 1. The molecule has 0 spiro atoms. The molecule has 0 aliphatic carbocycles. The number of anilines is 2. The zero-order valence-electron chi connectivity index (χ0n) is 17.0. The van der Waals surface area contributed by atoms with Gasteiger partial charge in [0.2, 0.25) is 5.13 Å². The van der Waals surface area contributed by atoms with Crippen molar-refractivity contribution in [3.05, 3.63) is 52.6 Å². The van der Waals surface area contributed by atoms with Crippen LogP contribution in [0.3, 0.4) is 0 Å². The normalized spacial score (nSPS) is 10.8. The van der Waals surface area contributed by atoms with E-state index in [1.54, 1.807) is 26.4 Å². The lowest BCUT2D eigenvalue weighted by Crippen LogP contribution is -2.11. The molecule has 11 heteroatoms. The van der Waals surface area contributed by atoms with Gasteiger partial charge in [-0.15, -0.1) is 10.2 Å². The van der Waals surface area contributed by atoms with Gasteiger partial charge in [-0.3, -0.25) is 4.79 Å². The molecular weight excluding hydrogens is 438 g/mol. The van der Waals surface area contributed by atoms with Crippen LogP contribution >= 0.6 is 23.1 Å². The highest BCUT2D eigenvalue weighted by Crippen LogP contribution is 2.33. The molecule has 160 valence electrons. The number of thioether (sulfide) groups is 1. The predicted octanol–water partition coefficient (Wildman–Crippen LogP) is 3.84. The summed E-state index contributed by atoms with van der Waals surface area (Å²) in [5, 5.41) is 12.6. The van der Waals surface area contributed by atoms with Crippen molar-refractivity contribution in [1.82, 2.24) is 20.2 Å². The van der Waals surface area contributed by atoms with Crippen molar-refractivity contribution < 1.29 is 14.2 Å². The molecule has 31 heavy (non-hydrogen) atoms. The van der Waals surface area contributed by atoms with Gasteiger partial charge < -0.3 is 24.5 Å². The van der Waals surface area contributed by atoms with E-state index in [0.717, 1.165) is 15.8 Å². The van der Waals surface area contributed by atoms with Gasteiger partial charge in [0.05, 0.1) is 43.7 Å². The first-order valence-electron chi connectivity index (χ1n) is 9.12. The van der Waals surface area contributed by atoms with Crippen LogP contribution in [-0.2, 0) is 5.75 Å². The van der Waals surface area contributed by atoms with Crippen molar-refractivity contribution in [3.63, 3.8) is 0 Å². The van der Waals surface area contributed by atoms with E-state index in [1.165, 1.54) is 30.2 Å². The van der Waals surface area contributed by atoms with Crippen LogP contribution in [0.15, 0.2) is 45.5 Å². The van der Waals surface area contributed by atoms with E-state index in [1.807, 2.05) is 24.3 Å². The number of para-hydroxylation sites is 2. The van der Waals surface area contributed by atoms with E-state index < -0.39 is 0 Å². The van der Waals surface area contributed by atoms with Crippen LogP contribution in [0, 0.1) is 0 Å². The molecule has 0 bridgehead atoms. The number of fused-ring (bicyclic) bond motifs is 1. The zero-order valence-corrected chi connectivity index (χ0v) is 18.6. The molecule has 2 aromatic heterocycles. The number of ether oxygens (including phenoxy) is 3. The Hall–Kier alpha value is -3.31. The van der Waals surface area contributed by atoms with Gasteiger partial charge in [-0.2, -0.15) is 0 Å². The SMILES string of the molecule is COc1ccccc1Nc1nnc(SCc2nc3cc(OC)c(OC)cc3c(=O)[nH]2)s1. The predicted molar refractivity (Wildman–Crippen MR) is 121 cm³/mol. The van der Waals surface area contributed by atoms with Gasteiger partial charge >= 0.3 is 0 Å². The van der Waals surface area contributed by atoms with E-state index >= 15 is 0 Å². The minimum atomic E-state index is -0.239. The van der Waals surface area contributed by atoms with Crippen LogP contribution in [0.1, 0.15) is 5.82 Å². The van der Waals surface area contributed by atoms with E-state index in [9.17, 15) is 4.79 Å². The van der Waals surface area contributed by atoms with E-state index in [4.69, 9.17) is 14.2 Å². The summed E-state index contributed by atoms with van der Waals surface area (Å²) in [5.74, 6) is 2.68. The standard InChI is InChI=1S/C20H19N5O4S2/c1-27-14-7-5-4-6-12(14)22-19-24-25-20(31-19)30-10-17-21-13-9-16(29-3)15(28-2)8-11(13)18(26)23-17/h4-9H,10H2,1-3H3,(H,22,24)(H,21,23,26). The van der Waals surface area contributed by atoms with Crippen LogP contribution < -0.4 is 25.1 Å². The second-order valence-corrected chi connectivity index (χ2v) is 8.42. The maximum Gasteiger partial charge on any atom is 0.258 e. The van der Waals surface area contributed by atoms with Gasteiger partial charge in [-0.05, 0) is 18.2 Å². The molecule has 4 aromatic rings. The molecule has 0 saturated carbocycles. The molecule has 2 heterocycles. The van der Waals surface area contributed by atoms with E-state index in [-0.39, 0.29) is 5.56 Å². The first-order valence-corrected chi connectivity index (χ1v) is 10.9. The largest absolute Gasteiger partial charge is 0.495 e. The van der Waals surface area contributed by atoms with Crippen molar-refractivity contribution in [2.45, 2.75) is 10.1 Å². The fourth-order valence-electron chi connectivity index (χ4n) is 2.89. The molecular formula is C20H19N5O4S2. The van der Waals surface area contributed by atoms with Crippen molar-refractivity contribution in [1.29, 1.82) is 0 Å². The van der Waals surface area contributed by atoms with Crippen LogP contribution in [0.5, 0.6) is 17.2 Å². The Morgan fingerprint density at radius 3 is 2.55 bits per heavy atom. The van der Waals surface area contributed by atoms with Gasteiger partial charge in [0.25, 0.3) is 5.56 Å². The van der Waals surface area contributed by atoms with Crippen molar-refractivity contribution in [3.8, 4) is 17.2 Å². The van der Waals surface area contributed by atoms with E-state index in [2.05, 4.69) is 25.5 Å². The van der Waals surface area contributed by atoms with Crippen molar-refractivity contribution in [2.24, 2.45) is 0 Å². The number of rotatable bonds is 8. The Bertz CT molecular complexity index is 1270. The highest BCUT2D eigenvalue weighted by Gasteiger charge is 2.13. The Morgan fingerprint density at radius 1 is 1.03 bits per heavy atom. The molecule has 0 aliphatic heterocycles. The fourth-order valence-corrected chi connectivity index (χ4v) is 4.53. The number of nitrogens with zero attached hydrogens (tertiary/aromatic N) is 3. The summed E-state index contributed by atoms with van der Waals surface area (Å²) in [5.41, 5.74) is 1.10. The quantitative estimate of drug-likeness (QED) is 0.381. The summed E-state index contributed by atoms with van der Waals surface area (Å²) >= 11 is 2.84. The summed E-state index contributed by atoms with van der Waals surface area (Å²) in [7, 11) is 4.68. The summed E-state index contributed by atoms with van der Waals surface area (Å²) < 4.78 is 16.6. The molecule has 0 radical (unpaired) electrons. The number of hydrogen-bond donors (Lipinski definition) is 2. The molecule has 2 aromatic carbocycles. The molecule has 2 N–H and O–H groups in total. The van der Waals surface area contributed by atoms with Gasteiger partial charge in [0, 0.05) is 6.07 Å². The lowest BCUT2D eigenvalue weighted by Gasteiger charge is -2.09. The third-order valence-electron chi connectivity index (χ3n) is 4.35. The van der Waals surface area contributed by atoms with Crippen molar-refractivity contribution >= 4 is 44.8 Å². The highest BCUT2D eigenvalue weighted by atomic mass is 32.2. The number of hydrogen-bond acceptors (Lipinski definition) is 10. The highest BCUT2D eigenvalue weighted by molar-refractivity contribution is 8.00. The maximum absolute atomic E-state index is 12.5. The summed E-state index contributed by atoms with van der Waals surface area (Å²) in [6.45, 7) is 0. The molecule has 0 saturated heterocycles. The molecule has 0 fully saturated rings. The second-order valence-electron chi connectivity index (χ2n) is 6.22. The van der Waals surface area contributed by atoms with Gasteiger partial charge in [0.1, 0.15) is 11.6 Å². The van der Waals surface area contributed by atoms with Crippen LogP contribution in [0.2, 0.25) is 0 Å². The lowest BCUT2D eigenvalue weighted by molar-refractivity contribution is 0.355. The third-order valence-corrected chi connectivity index (χ3v) is 6.33. The van der Waals surface area contributed by atoms with Gasteiger partial charge in [-0.1, -0.05) is 35.2 Å². The Morgan fingerprint density at radius 2 is 1.77 bits per heavy atom.